The first-order valence-electron chi connectivity index (χ1n) is 7.51. The third-order valence-electron chi connectivity index (χ3n) is 3.31. The van der Waals surface area contributed by atoms with Gasteiger partial charge >= 0.3 is 0 Å². The monoisotopic (exact) mass is 293 g/mol. The number of methoxy groups -OCH3 is 1. The van der Waals surface area contributed by atoms with Crippen LogP contribution in [0.5, 0.6) is 0 Å². The third-order valence-corrected chi connectivity index (χ3v) is 3.31. The topological polar surface area (TPSA) is 53.6 Å². The molecule has 1 rings (SSSR count). The molecule has 0 aliphatic carbocycles. The number of hydrogen-bond acceptors (Lipinski definition) is 4. The summed E-state index contributed by atoms with van der Waals surface area (Å²) in [6.45, 7) is 8.43. The molecule has 5 heteroatoms. The molecule has 2 N–H and O–H groups in total. The minimum atomic E-state index is -0.00758. The molecule has 1 aromatic carbocycles. The normalized spacial score (nSPS) is 10.4. The highest BCUT2D eigenvalue weighted by molar-refractivity contribution is 5.77. The molecule has 0 spiro atoms. The average Bonchev–Trinajstić information content (AvgIpc) is 2.50. The van der Waals surface area contributed by atoms with Gasteiger partial charge in [0.1, 0.15) is 0 Å². The number of amides is 1. The van der Waals surface area contributed by atoms with E-state index < -0.39 is 0 Å². The van der Waals surface area contributed by atoms with Crippen LogP contribution in [0.15, 0.2) is 24.3 Å². The SMILES string of the molecule is CCN(CC)c1ccc(CNCC(=O)NCCOC)cc1. The molecule has 0 radical (unpaired) electrons. The fourth-order valence-corrected chi connectivity index (χ4v) is 2.09. The minimum absolute atomic E-state index is 0.00758. The first-order chi connectivity index (χ1) is 10.2. The minimum Gasteiger partial charge on any atom is -0.383 e. The molecule has 21 heavy (non-hydrogen) atoms. The van der Waals surface area contributed by atoms with E-state index in [-0.39, 0.29) is 5.91 Å². The molecule has 0 unspecified atom stereocenters. The summed E-state index contributed by atoms with van der Waals surface area (Å²) >= 11 is 0. The van der Waals surface area contributed by atoms with Crippen LogP contribution in [0.2, 0.25) is 0 Å². The van der Waals surface area contributed by atoms with Crippen molar-refractivity contribution in [2.75, 3.05) is 44.8 Å². The lowest BCUT2D eigenvalue weighted by atomic mass is 10.2. The molecule has 0 heterocycles. The number of nitrogens with zero attached hydrogens (tertiary/aromatic N) is 1. The van der Waals surface area contributed by atoms with Crippen molar-refractivity contribution in [3.8, 4) is 0 Å². The van der Waals surface area contributed by atoms with Gasteiger partial charge in [-0.15, -0.1) is 0 Å². The van der Waals surface area contributed by atoms with E-state index in [9.17, 15) is 4.79 Å². The number of ether oxygens (including phenoxy) is 1. The van der Waals surface area contributed by atoms with Crippen molar-refractivity contribution >= 4 is 11.6 Å². The van der Waals surface area contributed by atoms with Crippen LogP contribution in [-0.4, -0.2) is 45.8 Å². The van der Waals surface area contributed by atoms with Gasteiger partial charge in [0.25, 0.3) is 0 Å². The predicted octanol–water partition coefficient (Wildman–Crippen LogP) is 1.39. The third kappa shape index (κ3) is 6.60. The van der Waals surface area contributed by atoms with E-state index in [1.807, 2.05) is 0 Å². The summed E-state index contributed by atoms with van der Waals surface area (Å²) in [6, 6.07) is 8.46. The van der Waals surface area contributed by atoms with Gasteiger partial charge in [-0.2, -0.15) is 0 Å². The number of anilines is 1. The maximum absolute atomic E-state index is 11.5. The van der Waals surface area contributed by atoms with E-state index >= 15 is 0 Å². The Labute approximate surface area is 127 Å². The van der Waals surface area contributed by atoms with Crippen LogP contribution in [0.4, 0.5) is 5.69 Å². The molecule has 0 atom stereocenters. The maximum Gasteiger partial charge on any atom is 0.234 e. The first-order valence-corrected chi connectivity index (χ1v) is 7.51. The largest absolute Gasteiger partial charge is 0.383 e. The van der Waals surface area contributed by atoms with E-state index in [4.69, 9.17) is 4.74 Å². The van der Waals surface area contributed by atoms with Gasteiger partial charge in [-0.1, -0.05) is 12.1 Å². The Balaban J connectivity index is 2.31. The second kappa shape index (κ2) is 10.2. The van der Waals surface area contributed by atoms with Crippen molar-refractivity contribution in [3.63, 3.8) is 0 Å². The van der Waals surface area contributed by atoms with Crippen molar-refractivity contribution < 1.29 is 9.53 Å². The fraction of sp³-hybridized carbons (Fsp3) is 0.562. The van der Waals surface area contributed by atoms with Gasteiger partial charge in [-0.3, -0.25) is 4.79 Å². The van der Waals surface area contributed by atoms with Crippen molar-refractivity contribution in [2.24, 2.45) is 0 Å². The van der Waals surface area contributed by atoms with E-state index in [0.29, 0.717) is 26.2 Å². The van der Waals surface area contributed by atoms with Crippen LogP contribution in [0.1, 0.15) is 19.4 Å². The summed E-state index contributed by atoms with van der Waals surface area (Å²) < 4.78 is 4.88. The number of hydrogen-bond donors (Lipinski definition) is 2. The van der Waals surface area contributed by atoms with Gasteiger partial charge in [0.2, 0.25) is 5.91 Å². The molecular weight excluding hydrogens is 266 g/mol. The lowest BCUT2D eigenvalue weighted by Crippen LogP contribution is -2.35. The highest BCUT2D eigenvalue weighted by Gasteiger charge is 2.02. The van der Waals surface area contributed by atoms with E-state index in [1.165, 1.54) is 11.3 Å². The molecule has 0 aromatic heterocycles. The Morgan fingerprint density at radius 1 is 1.19 bits per heavy atom. The molecule has 5 nitrogen and oxygen atoms in total. The Morgan fingerprint density at radius 2 is 1.86 bits per heavy atom. The Morgan fingerprint density at radius 3 is 2.43 bits per heavy atom. The van der Waals surface area contributed by atoms with Crippen molar-refractivity contribution in [3.05, 3.63) is 29.8 Å². The summed E-state index contributed by atoms with van der Waals surface area (Å²) in [5.74, 6) is -0.00758. The van der Waals surface area contributed by atoms with Gasteiger partial charge in [0.15, 0.2) is 0 Å². The zero-order valence-corrected chi connectivity index (χ0v) is 13.3. The lowest BCUT2D eigenvalue weighted by Gasteiger charge is -2.21. The number of nitrogens with one attached hydrogen (secondary N) is 2. The van der Waals surface area contributed by atoms with Gasteiger partial charge in [-0.25, -0.2) is 0 Å². The molecule has 118 valence electrons. The molecule has 1 aromatic rings. The second-order valence-electron chi connectivity index (χ2n) is 4.79. The molecular formula is C16H27N3O2. The first kappa shape index (κ1) is 17.5. The Hall–Kier alpha value is -1.59. The maximum atomic E-state index is 11.5. The zero-order valence-electron chi connectivity index (χ0n) is 13.3. The smallest absolute Gasteiger partial charge is 0.234 e. The lowest BCUT2D eigenvalue weighted by molar-refractivity contribution is -0.120. The average molecular weight is 293 g/mol. The summed E-state index contributed by atoms with van der Waals surface area (Å²) in [6.07, 6.45) is 0. The molecule has 0 bridgehead atoms. The molecule has 0 aliphatic heterocycles. The van der Waals surface area contributed by atoms with E-state index in [2.05, 4.69) is 53.6 Å². The van der Waals surface area contributed by atoms with Crippen LogP contribution in [0.3, 0.4) is 0 Å². The highest BCUT2D eigenvalue weighted by atomic mass is 16.5. The Bertz CT molecular complexity index is 402. The van der Waals surface area contributed by atoms with Gasteiger partial charge in [0, 0.05) is 39.0 Å². The zero-order chi connectivity index (χ0) is 15.5. The molecule has 0 fully saturated rings. The molecule has 0 saturated heterocycles. The van der Waals surface area contributed by atoms with Crippen LogP contribution in [-0.2, 0) is 16.1 Å². The van der Waals surface area contributed by atoms with Crippen molar-refractivity contribution in [2.45, 2.75) is 20.4 Å². The number of carbonyl (C=O) groups is 1. The number of benzene rings is 1. The highest BCUT2D eigenvalue weighted by Crippen LogP contribution is 2.14. The van der Waals surface area contributed by atoms with Crippen LogP contribution < -0.4 is 15.5 Å². The van der Waals surface area contributed by atoms with Gasteiger partial charge in [-0.05, 0) is 31.5 Å². The molecule has 0 saturated carbocycles. The molecule has 1 amide bonds. The van der Waals surface area contributed by atoms with Gasteiger partial charge < -0.3 is 20.3 Å². The standard InChI is InChI=1S/C16H27N3O2/c1-4-19(5-2)15-8-6-14(7-9-15)12-17-13-16(20)18-10-11-21-3/h6-9,17H,4-5,10-13H2,1-3H3,(H,18,20). The Kier molecular flexibility index (Phi) is 8.47. The molecule has 0 aliphatic rings. The summed E-state index contributed by atoms with van der Waals surface area (Å²) in [4.78, 5) is 13.8. The quantitative estimate of drug-likeness (QED) is 0.640. The number of rotatable bonds is 10. The van der Waals surface area contributed by atoms with Crippen LogP contribution in [0.25, 0.3) is 0 Å². The van der Waals surface area contributed by atoms with Crippen LogP contribution >= 0.6 is 0 Å². The van der Waals surface area contributed by atoms with Crippen molar-refractivity contribution in [1.82, 2.24) is 10.6 Å². The predicted molar refractivity (Wildman–Crippen MR) is 86.6 cm³/mol. The summed E-state index contributed by atoms with van der Waals surface area (Å²) in [7, 11) is 1.62. The van der Waals surface area contributed by atoms with Crippen molar-refractivity contribution in [1.29, 1.82) is 0 Å². The summed E-state index contributed by atoms with van der Waals surface area (Å²) in [5, 5.41) is 5.91. The second-order valence-corrected chi connectivity index (χ2v) is 4.79. The van der Waals surface area contributed by atoms with E-state index in [1.54, 1.807) is 7.11 Å². The number of carbonyl (C=O) groups excluding carboxylic acids is 1. The fourth-order valence-electron chi connectivity index (χ4n) is 2.09. The van der Waals surface area contributed by atoms with Gasteiger partial charge in [0.05, 0.1) is 13.2 Å². The van der Waals surface area contributed by atoms with Crippen LogP contribution in [0, 0.1) is 0 Å². The van der Waals surface area contributed by atoms with E-state index in [0.717, 1.165) is 13.1 Å². The summed E-state index contributed by atoms with van der Waals surface area (Å²) in [5.41, 5.74) is 2.41.